The maximum Gasteiger partial charge on any atom is 0.0765 e. The largest absolute Gasteiger partial charge is 0.314 e. The summed E-state index contributed by atoms with van der Waals surface area (Å²) >= 11 is 0. The van der Waals surface area contributed by atoms with Crippen molar-refractivity contribution in [2.45, 2.75) is 64.1 Å². The van der Waals surface area contributed by atoms with Crippen LogP contribution in [0, 0.1) is 0 Å². The quantitative estimate of drug-likeness (QED) is 0.931. The Kier molecular flexibility index (Phi) is 5.69. The third-order valence-electron chi connectivity index (χ3n) is 5.01. The second-order valence-corrected chi connectivity index (χ2v) is 6.76. The fourth-order valence-electron chi connectivity index (χ4n) is 3.78. The van der Waals surface area contributed by atoms with Crippen LogP contribution in [-0.2, 0) is 6.54 Å². The van der Waals surface area contributed by atoms with E-state index in [2.05, 4.69) is 41.0 Å². The maximum atomic E-state index is 4.74. The molecule has 3 rings (SSSR count). The molecule has 21 heavy (non-hydrogen) atoms. The first-order valence-corrected chi connectivity index (χ1v) is 8.19. The van der Waals surface area contributed by atoms with Crippen molar-refractivity contribution in [3.8, 4) is 0 Å². The average Bonchev–Trinajstić information content (AvgIpc) is 2.91. The van der Waals surface area contributed by atoms with E-state index in [-0.39, 0.29) is 12.4 Å². The van der Waals surface area contributed by atoms with Crippen LogP contribution < -0.4 is 5.32 Å². The Hall–Kier alpha value is -0.580. The SMILES string of the molecule is CC(C)n1ccc(CN2CCNCC23CCCCC3)n1.Cl. The minimum atomic E-state index is 0. The first-order valence-electron chi connectivity index (χ1n) is 8.19. The monoisotopic (exact) mass is 312 g/mol. The highest BCUT2D eigenvalue weighted by molar-refractivity contribution is 5.85. The topological polar surface area (TPSA) is 33.1 Å². The van der Waals surface area contributed by atoms with Crippen LogP contribution in [0.15, 0.2) is 12.3 Å². The number of rotatable bonds is 3. The van der Waals surface area contributed by atoms with Gasteiger partial charge in [0, 0.05) is 44.0 Å². The predicted octanol–water partition coefficient (Wildman–Crippen LogP) is 2.99. The van der Waals surface area contributed by atoms with Gasteiger partial charge in [0.15, 0.2) is 0 Å². The van der Waals surface area contributed by atoms with Gasteiger partial charge in [0.1, 0.15) is 0 Å². The van der Waals surface area contributed by atoms with Gasteiger partial charge in [0.05, 0.1) is 5.69 Å². The number of aromatic nitrogens is 2. The molecule has 1 aliphatic carbocycles. The van der Waals surface area contributed by atoms with Crippen molar-refractivity contribution in [3.05, 3.63) is 18.0 Å². The molecule has 1 aliphatic heterocycles. The van der Waals surface area contributed by atoms with Gasteiger partial charge >= 0.3 is 0 Å². The van der Waals surface area contributed by atoms with Crippen molar-refractivity contribution >= 4 is 12.4 Å². The van der Waals surface area contributed by atoms with Gasteiger partial charge in [-0.1, -0.05) is 19.3 Å². The Bertz CT molecular complexity index is 429. The zero-order valence-electron chi connectivity index (χ0n) is 13.3. The van der Waals surface area contributed by atoms with Crippen LogP contribution in [0.4, 0.5) is 0 Å². The van der Waals surface area contributed by atoms with Crippen LogP contribution in [-0.4, -0.2) is 39.9 Å². The molecule has 1 N–H and O–H groups in total. The summed E-state index contributed by atoms with van der Waals surface area (Å²) < 4.78 is 2.07. The molecule has 1 aromatic rings. The molecule has 0 unspecified atom stereocenters. The smallest absolute Gasteiger partial charge is 0.0765 e. The predicted molar refractivity (Wildman–Crippen MR) is 89.0 cm³/mol. The number of halogens is 1. The van der Waals surface area contributed by atoms with Crippen LogP contribution in [0.2, 0.25) is 0 Å². The van der Waals surface area contributed by atoms with E-state index in [0.717, 1.165) is 26.2 Å². The molecule has 2 aliphatic rings. The summed E-state index contributed by atoms with van der Waals surface area (Å²) in [6.45, 7) is 8.83. The number of nitrogens with zero attached hydrogens (tertiary/aromatic N) is 3. The first kappa shape index (κ1) is 16.8. The first-order chi connectivity index (χ1) is 9.70. The molecule has 1 saturated carbocycles. The molecule has 0 amide bonds. The van der Waals surface area contributed by atoms with Crippen molar-refractivity contribution in [1.82, 2.24) is 20.0 Å². The Labute approximate surface area is 134 Å². The third-order valence-corrected chi connectivity index (χ3v) is 5.01. The summed E-state index contributed by atoms with van der Waals surface area (Å²) in [5.74, 6) is 0. The van der Waals surface area contributed by atoms with Crippen molar-refractivity contribution in [3.63, 3.8) is 0 Å². The number of hydrogen-bond donors (Lipinski definition) is 1. The number of nitrogens with one attached hydrogen (secondary N) is 1. The zero-order chi connectivity index (χ0) is 14.0. The van der Waals surface area contributed by atoms with Crippen LogP contribution in [0.5, 0.6) is 0 Å². The lowest BCUT2D eigenvalue weighted by molar-refractivity contribution is 0.0198. The number of piperazine rings is 1. The maximum absolute atomic E-state index is 4.74. The fourth-order valence-corrected chi connectivity index (χ4v) is 3.78. The molecule has 4 nitrogen and oxygen atoms in total. The highest BCUT2D eigenvalue weighted by Crippen LogP contribution is 2.35. The lowest BCUT2D eigenvalue weighted by atomic mass is 9.79. The van der Waals surface area contributed by atoms with Crippen molar-refractivity contribution in [2.75, 3.05) is 19.6 Å². The molecule has 2 heterocycles. The van der Waals surface area contributed by atoms with E-state index < -0.39 is 0 Å². The minimum Gasteiger partial charge on any atom is -0.314 e. The highest BCUT2D eigenvalue weighted by atomic mass is 35.5. The lowest BCUT2D eigenvalue weighted by Gasteiger charge is -2.49. The van der Waals surface area contributed by atoms with Gasteiger partial charge in [-0.25, -0.2) is 0 Å². The molecule has 5 heteroatoms. The molecule has 2 fully saturated rings. The average molecular weight is 313 g/mol. The van der Waals surface area contributed by atoms with Crippen molar-refractivity contribution in [2.24, 2.45) is 0 Å². The molecular formula is C16H29ClN4. The van der Waals surface area contributed by atoms with Crippen LogP contribution in [0.25, 0.3) is 0 Å². The Balaban J connectivity index is 0.00000161. The molecule has 0 radical (unpaired) electrons. The Morgan fingerprint density at radius 3 is 2.71 bits per heavy atom. The Morgan fingerprint density at radius 2 is 2.05 bits per heavy atom. The molecule has 0 atom stereocenters. The van der Waals surface area contributed by atoms with Crippen molar-refractivity contribution in [1.29, 1.82) is 0 Å². The van der Waals surface area contributed by atoms with Crippen LogP contribution >= 0.6 is 12.4 Å². The second kappa shape index (κ2) is 7.12. The normalized spacial score (nSPS) is 22.4. The van der Waals surface area contributed by atoms with Gasteiger partial charge in [0.25, 0.3) is 0 Å². The fraction of sp³-hybridized carbons (Fsp3) is 0.812. The molecule has 1 aromatic heterocycles. The van der Waals surface area contributed by atoms with Gasteiger partial charge in [-0.15, -0.1) is 12.4 Å². The van der Waals surface area contributed by atoms with Gasteiger partial charge in [-0.2, -0.15) is 5.10 Å². The summed E-state index contributed by atoms with van der Waals surface area (Å²) in [4.78, 5) is 2.70. The third kappa shape index (κ3) is 3.61. The molecule has 120 valence electrons. The van der Waals surface area contributed by atoms with Crippen LogP contribution in [0.1, 0.15) is 57.7 Å². The molecule has 0 aromatic carbocycles. The zero-order valence-corrected chi connectivity index (χ0v) is 14.2. The standard InChI is InChI=1S/C16H28N4.ClH/c1-14(2)20-10-6-15(18-20)12-19-11-9-17-13-16(19)7-4-3-5-8-16;/h6,10,14,17H,3-5,7-9,11-13H2,1-2H3;1H. The molecule has 1 saturated heterocycles. The summed E-state index contributed by atoms with van der Waals surface area (Å²) in [6.07, 6.45) is 9.01. The molecular weight excluding hydrogens is 284 g/mol. The van der Waals surface area contributed by atoms with E-state index in [9.17, 15) is 0 Å². The van der Waals surface area contributed by atoms with Crippen molar-refractivity contribution < 1.29 is 0 Å². The molecule has 0 bridgehead atoms. The lowest BCUT2D eigenvalue weighted by Crippen LogP contribution is -2.61. The summed E-state index contributed by atoms with van der Waals surface area (Å²) in [5, 5.41) is 8.35. The summed E-state index contributed by atoms with van der Waals surface area (Å²) in [6, 6.07) is 2.65. The van der Waals surface area contributed by atoms with E-state index in [1.165, 1.54) is 37.8 Å². The minimum absolute atomic E-state index is 0. The van der Waals surface area contributed by atoms with Gasteiger partial charge in [0.2, 0.25) is 0 Å². The second-order valence-electron chi connectivity index (χ2n) is 6.76. The summed E-state index contributed by atoms with van der Waals surface area (Å²) in [5.41, 5.74) is 1.63. The van der Waals surface area contributed by atoms with E-state index in [1.54, 1.807) is 0 Å². The number of hydrogen-bond acceptors (Lipinski definition) is 3. The van der Waals surface area contributed by atoms with Gasteiger partial charge in [-0.3, -0.25) is 9.58 Å². The van der Waals surface area contributed by atoms with Crippen LogP contribution in [0.3, 0.4) is 0 Å². The molecule has 1 spiro atoms. The summed E-state index contributed by atoms with van der Waals surface area (Å²) in [7, 11) is 0. The van der Waals surface area contributed by atoms with Gasteiger partial charge < -0.3 is 5.32 Å². The van der Waals surface area contributed by atoms with E-state index >= 15 is 0 Å². The Morgan fingerprint density at radius 1 is 1.29 bits per heavy atom. The van der Waals surface area contributed by atoms with E-state index in [0.29, 0.717) is 11.6 Å². The van der Waals surface area contributed by atoms with E-state index in [1.807, 2.05) is 0 Å². The highest BCUT2D eigenvalue weighted by Gasteiger charge is 2.39. The van der Waals surface area contributed by atoms with Gasteiger partial charge in [-0.05, 0) is 32.8 Å². The van der Waals surface area contributed by atoms with E-state index in [4.69, 9.17) is 5.10 Å².